The van der Waals surface area contributed by atoms with Gasteiger partial charge >= 0.3 is 0 Å². The molecule has 4 aromatic rings. The fourth-order valence-electron chi connectivity index (χ4n) is 3.91. The average molecular weight is 466 g/mol. The molecule has 0 aliphatic carbocycles. The van der Waals surface area contributed by atoms with Crippen LogP contribution in [-0.2, 0) is 13.1 Å². The lowest BCUT2D eigenvalue weighted by Gasteiger charge is -2.20. The monoisotopic (exact) mass is 465 g/mol. The minimum atomic E-state index is 0.318. The lowest BCUT2D eigenvalue weighted by molar-refractivity contribution is 0.368. The highest BCUT2D eigenvalue weighted by Crippen LogP contribution is 2.36. The lowest BCUT2D eigenvalue weighted by Crippen LogP contribution is -2.14. The number of halogens is 1. The van der Waals surface area contributed by atoms with Gasteiger partial charge in [0.2, 0.25) is 5.88 Å². The van der Waals surface area contributed by atoms with Crippen molar-refractivity contribution in [2.45, 2.75) is 13.1 Å². The number of phenols is 1. The molecule has 8 heteroatoms. The van der Waals surface area contributed by atoms with E-state index in [0.717, 1.165) is 38.9 Å². The standard InChI is InChI=1S/C25H28ClN5O2/c1-30(2)13-15-10-18(11-16(25(15)32)14-31(3)4)27-23-19-7-6-17(26)12-21(19)28-20-8-9-22(33-5)29-24(20)23/h6-12,32H,13-14H2,1-5H3,(H,27,28). The highest BCUT2D eigenvalue weighted by molar-refractivity contribution is 6.31. The van der Waals surface area contributed by atoms with E-state index in [9.17, 15) is 5.11 Å². The van der Waals surface area contributed by atoms with Gasteiger partial charge in [0.05, 0.1) is 23.8 Å². The van der Waals surface area contributed by atoms with Gasteiger partial charge in [-0.15, -0.1) is 0 Å². The van der Waals surface area contributed by atoms with Crippen molar-refractivity contribution in [2.75, 3.05) is 40.6 Å². The second kappa shape index (κ2) is 9.39. The third-order valence-corrected chi connectivity index (χ3v) is 5.51. The van der Waals surface area contributed by atoms with E-state index in [1.54, 1.807) is 13.2 Å². The van der Waals surface area contributed by atoms with Gasteiger partial charge in [-0.3, -0.25) is 0 Å². The molecule has 0 saturated heterocycles. The summed E-state index contributed by atoms with van der Waals surface area (Å²) < 4.78 is 5.37. The third kappa shape index (κ3) is 4.95. The molecule has 0 fully saturated rings. The number of aromatic hydroxyl groups is 1. The van der Waals surface area contributed by atoms with Gasteiger partial charge in [-0.1, -0.05) is 11.6 Å². The molecule has 0 radical (unpaired) electrons. The zero-order valence-electron chi connectivity index (χ0n) is 19.5. The van der Waals surface area contributed by atoms with E-state index >= 15 is 0 Å². The van der Waals surface area contributed by atoms with Crippen LogP contribution in [0.5, 0.6) is 11.6 Å². The second-order valence-electron chi connectivity index (χ2n) is 8.61. The molecule has 7 nitrogen and oxygen atoms in total. The smallest absolute Gasteiger partial charge is 0.213 e. The van der Waals surface area contributed by atoms with Crippen LogP contribution >= 0.6 is 11.6 Å². The molecule has 0 atom stereocenters. The Labute approximate surface area is 198 Å². The number of nitrogens with zero attached hydrogens (tertiary/aromatic N) is 4. The number of aromatic nitrogens is 2. The van der Waals surface area contributed by atoms with Crippen LogP contribution in [0.15, 0.2) is 42.5 Å². The van der Waals surface area contributed by atoms with Crippen LogP contribution < -0.4 is 10.1 Å². The van der Waals surface area contributed by atoms with Crippen molar-refractivity contribution >= 4 is 44.9 Å². The van der Waals surface area contributed by atoms with E-state index in [1.165, 1.54) is 0 Å². The van der Waals surface area contributed by atoms with Crippen LogP contribution in [-0.4, -0.2) is 60.2 Å². The first-order valence-electron chi connectivity index (χ1n) is 10.6. The fourth-order valence-corrected chi connectivity index (χ4v) is 4.08. The number of benzene rings is 2. The molecular weight excluding hydrogens is 438 g/mol. The number of nitrogens with one attached hydrogen (secondary N) is 1. The minimum absolute atomic E-state index is 0.318. The molecule has 0 amide bonds. The molecule has 0 saturated carbocycles. The van der Waals surface area contributed by atoms with Crippen molar-refractivity contribution in [3.8, 4) is 11.6 Å². The number of rotatable bonds is 7. The topological polar surface area (TPSA) is 73.8 Å². The minimum Gasteiger partial charge on any atom is -0.507 e. The van der Waals surface area contributed by atoms with Crippen LogP contribution in [0.25, 0.3) is 21.9 Å². The first-order valence-corrected chi connectivity index (χ1v) is 11.0. The normalized spacial score (nSPS) is 11.6. The number of hydrogen-bond acceptors (Lipinski definition) is 7. The molecule has 4 rings (SSSR count). The zero-order chi connectivity index (χ0) is 23.7. The van der Waals surface area contributed by atoms with Gasteiger partial charge < -0.3 is 25.0 Å². The fraction of sp³-hybridized carbons (Fsp3) is 0.280. The Kier molecular flexibility index (Phi) is 6.56. The Morgan fingerprint density at radius 2 is 1.58 bits per heavy atom. The number of pyridine rings is 2. The Morgan fingerprint density at radius 1 is 0.909 bits per heavy atom. The number of methoxy groups -OCH3 is 1. The summed E-state index contributed by atoms with van der Waals surface area (Å²) in [5.41, 5.74) is 5.55. The molecule has 0 spiro atoms. The predicted octanol–water partition coefficient (Wildman–Crippen LogP) is 5.02. The Bertz CT molecular complexity index is 1290. The van der Waals surface area contributed by atoms with Gasteiger partial charge in [-0.2, -0.15) is 0 Å². The van der Waals surface area contributed by atoms with Crippen LogP contribution in [0.2, 0.25) is 5.02 Å². The van der Waals surface area contributed by atoms with Crippen LogP contribution in [0, 0.1) is 0 Å². The summed E-state index contributed by atoms with van der Waals surface area (Å²) in [5, 5.41) is 16.0. The molecule has 2 aromatic heterocycles. The van der Waals surface area contributed by atoms with E-state index in [2.05, 4.69) is 10.3 Å². The van der Waals surface area contributed by atoms with Crippen LogP contribution in [0.4, 0.5) is 11.4 Å². The molecule has 172 valence electrons. The summed E-state index contributed by atoms with van der Waals surface area (Å²) in [6.07, 6.45) is 0. The maximum Gasteiger partial charge on any atom is 0.213 e. The first kappa shape index (κ1) is 23.0. The molecule has 2 heterocycles. The van der Waals surface area contributed by atoms with Crippen molar-refractivity contribution in [2.24, 2.45) is 0 Å². The van der Waals surface area contributed by atoms with E-state index < -0.39 is 0 Å². The molecule has 0 bridgehead atoms. The van der Waals surface area contributed by atoms with Gasteiger partial charge in [-0.25, -0.2) is 9.97 Å². The van der Waals surface area contributed by atoms with Crippen molar-refractivity contribution in [1.82, 2.24) is 19.8 Å². The largest absolute Gasteiger partial charge is 0.507 e. The Balaban J connectivity index is 1.93. The quantitative estimate of drug-likeness (QED) is 0.293. The van der Waals surface area contributed by atoms with E-state index in [-0.39, 0.29) is 0 Å². The summed E-state index contributed by atoms with van der Waals surface area (Å²) in [6, 6.07) is 13.3. The molecule has 2 aromatic carbocycles. The third-order valence-electron chi connectivity index (χ3n) is 5.27. The van der Waals surface area contributed by atoms with Gasteiger partial charge in [0.1, 0.15) is 11.3 Å². The lowest BCUT2D eigenvalue weighted by atomic mass is 10.0. The van der Waals surface area contributed by atoms with Gasteiger partial charge in [0, 0.05) is 46.4 Å². The summed E-state index contributed by atoms with van der Waals surface area (Å²) in [7, 11) is 9.52. The zero-order valence-corrected chi connectivity index (χ0v) is 20.2. The molecule has 0 aliphatic heterocycles. The van der Waals surface area contributed by atoms with Crippen LogP contribution in [0.3, 0.4) is 0 Å². The molecule has 0 unspecified atom stereocenters. The number of ether oxygens (including phenoxy) is 1. The number of anilines is 2. The van der Waals surface area contributed by atoms with Gasteiger partial charge in [-0.05, 0) is 64.6 Å². The molecule has 0 aliphatic rings. The summed E-state index contributed by atoms with van der Waals surface area (Å²) >= 11 is 6.25. The summed E-state index contributed by atoms with van der Waals surface area (Å²) in [6.45, 7) is 1.22. The van der Waals surface area contributed by atoms with Gasteiger partial charge in [0.25, 0.3) is 0 Å². The second-order valence-corrected chi connectivity index (χ2v) is 9.05. The Hall–Kier alpha value is -3.13. The summed E-state index contributed by atoms with van der Waals surface area (Å²) in [4.78, 5) is 13.5. The molecule has 33 heavy (non-hydrogen) atoms. The van der Waals surface area contributed by atoms with Crippen LogP contribution in [0.1, 0.15) is 11.1 Å². The van der Waals surface area contributed by atoms with E-state index in [4.69, 9.17) is 21.3 Å². The van der Waals surface area contributed by atoms with Crippen molar-refractivity contribution in [3.63, 3.8) is 0 Å². The summed E-state index contributed by atoms with van der Waals surface area (Å²) in [5.74, 6) is 0.826. The first-order chi connectivity index (χ1) is 15.7. The Morgan fingerprint density at radius 3 is 2.18 bits per heavy atom. The maximum absolute atomic E-state index is 10.9. The van der Waals surface area contributed by atoms with E-state index in [0.29, 0.717) is 35.3 Å². The SMILES string of the molecule is COc1ccc2nc3cc(Cl)ccc3c(Nc3cc(CN(C)C)c(O)c(CN(C)C)c3)c2n1. The molecular formula is C25H28ClN5O2. The van der Waals surface area contributed by atoms with Crippen molar-refractivity contribution in [3.05, 3.63) is 58.6 Å². The highest BCUT2D eigenvalue weighted by atomic mass is 35.5. The predicted molar refractivity (Wildman–Crippen MR) is 135 cm³/mol. The van der Waals surface area contributed by atoms with Crippen molar-refractivity contribution in [1.29, 1.82) is 0 Å². The average Bonchev–Trinajstić information content (AvgIpc) is 2.75. The van der Waals surface area contributed by atoms with E-state index in [1.807, 2.05) is 74.4 Å². The maximum atomic E-state index is 10.9. The van der Waals surface area contributed by atoms with Gasteiger partial charge in [0.15, 0.2) is 0 Å². The van der Waals surface area contributed by atoms with Crippen molar-refractivity contribution < 1.29 is 9.84 Å². The number of fused-ring (bicyclic) bond motifs is 2. The number of phenolic OH excluding ortho intramolecular Hbond substituents is 1. The number of hydrogen-bond donors (Lipinski definition) is 2. The highest BCUT2D eigenvalue weighted by Gasteiger charge is 2.16. The molecule has 2 N–H and O–H groups in total.